The van der Waals surface area contributed by atoms with Crippen molar-refractivity contribution in [2.75, 3.05) is 20.8 Å². The summed E-state index contributed by atoms with van der Waals surface area (Å²) in [7, 11) is 3.22. The second-order valence-corrected chi connectivity index (χ2v) is 3.39. The molecule has 0 radical (unpaired) electrons. The molecule has 0 saturated carbocycles. The van der Waals surface area contributed by atoms with Gasteiger partial charge in [-0.2, -0.15) is 0 Å². The third-order valence-electron chi connectivity index (χ3n) is 2.04. The highest BCUT2D eigenvalue weighted by Gasteiger charge is 2.17. The van der Waals surface area contributed by atoms with Crippen LogP contribution in [0.4, 0.5) is 0 Å². The molecule has 1 amide bonds. The molecule has 0 bridgehead atoms. The van der Waals surface area contributed by atoms with E-state index in [1.165, 1.54) is 7.11 Å². The molecule has 0 aromatic carbocycles. The lowest BCUT2D eigenvalue weighted by atomic mass is 10.2. The van der Waals surface area contributed by atoms with E-state index in [4.69, 9.17) is 14.9 Å². The first-order chi connectivity index (χ1) is 7.15. The third kappa shape index (κ3) is 3.38. The minimum Gasteiger partial charge on any atom is -0.472 e. The fraction of sp³-hybridized carbons (Fsp3) is 0.500. The normalized spacial score (nSPS) is 12.5. The summed E-state index contributed by atoms with van der Waals surface area (Å²) < 4.78 is 9.73. The predicted octanol–water partition coefficient (Wildman–Crippen LogP) is 0.212. The third-order valence-corrected chi connectivity index (χ3v) is 2.04. The second kappa shape index (κ2) is 5.53. The molecule has 2 N–H and O–H groups in total. The van der Waals surface area contributed by atoms with Gasteiger partial charge in [-0.3, -0.25) is 4.79 Å². The van der Waals surface area contributed by atoms with Crippen LogP contribution in [0, 0.1) is 0 Å². The number of carbonyl (C=O) groups excluding carboxylic acids is 1. The van der Waals surface area contributed by atoms with E-state index in [-0.39, 0.29) is 12.5 Å². The van der Waals surface area contributed by atoms with Crippen LogP contribution in [0.15, 0.2) is 23.0 Å². The number of amides is 1. The van der Waals surface area contributed by atoms with Gasteiger partial charge in [0, 0.05) is 26.3 Å². The Labute approximate surface area is 88.8 Å². The number of ether oxygens (including phenoxy) is 1. The van der Waals surface area contributed by atoms with Crippen molar-refractivity contribution in [2.24, 2.45) is 5.73 Å². The zero-order chi connectivity index (χ0) is 11.3. The first-order valence-corrected chi connectivity index (χ1v) is 4.65. The zero-order valence-corrected chi connectivity index (χ0v) is 8.97. The Bertz CT molecular complexity index is 298. The van der Waals surface area contributed by atoms with Crippen molar-refractivity contribution < 1.29 is 13.9 Å². The molecule has 84 valence electrons. The first kappa shape index (κ1) is 11.7. The Morgan fingerprint density at radius 1 is 1.73 bits per heavy atom. The van der Waals surface area contributed by atoms with Crippen LogP contribution in [0.25, 0.3) is 0 Å². The molecule has 1 atom stereocenters. The summed E-state index contributed by atoms with van der Waals surface area (Å²) in [5, 5.41) is 0. The van der Waals surface area contributed by atoms with Gasteiger partial charge in [0.25, 0.3) is 0 Å². The van der Waals surface area contributed by atoms with Crippen LogP contribution in [0.2, 0.25) is 0 Å². The Kier molecular flexibility index (Phi) is 4.33. The molecule has 1 aromatic rings. The number of hydrogen-bond donors (Lipinski definition) is 1. The van der Waals surface area contributed by atoms with E-state index in [1.807, 2.05) is 6.07 Å². The summed E-state index contributed by atoms with van der Waals surface area (Å²) in [5.41, 5.74) is 6.56. The molecule has 0 aliphatic carbocycles. The standard InChI is InChI=1S/C10H16N2O3/c1-12(5-8-3-4-15-6-8)10(13)9(11)7-14-2/h3-4,6,9H,5,7,11H2,1-2H3. The van der Waals surface area contributed by atoms with Crippen LogP contribution in [-0.2, 0) is 16.1 Å². The van der Waals surface area contributed by atoms with E-state index in [0.29, 0.717) is 6.54 Å². The molecule has 5 nitrogen and oxygen atoms in total. The molecule has 0 aliphatic rings. The molecule has 1 rings (SSSR count). The number of nitrogens with zero attached hydrogens (tertiary/aromatic N) is 1. The van der Waals surface area contributed by atoms with Crippen molar-refractivity contribution in [3.8, 4) is 0 Å². The number of rotatable bonds is 5. The summed E-state index contributed by atoms with van der Waals surface area (Å²) in [6.07, 6.45) is 3.17. The molecule has 0 fully saturated rings. The maximum Gasteiger partial charge on any atom is 0.241 e. The van der Waals surface area contributed by atoms with E-state index >= 15 is 0 Å². The summed E-state index contributed by atoms with van der Waals surface area (Å²) >= 11 is 0. The van der Waals surface area contributed by atoms with Gasteiger partial charge in [0.1, 0.15) is 6.04 Å². The highest BCUT2D eigenvalue weighted by atomic mass is 16.5. The summed E-state index contributed by atoms with van der Waals surface area (Å²) in [5.74, 6) is -0.141. The van der Waals surface area contributed by atoms with Gasteiger partial charge >= 0.3 is 0 Å². The van der Waals surface area contributed by atoms with Gasteiger partial charge in [0.2, 0.25) is 5.91 Å². The van der Waals surface area contributed by atoms with Crippen LogP contribution >= 0.6 is 0 Å². The average molecular weight is 212 g/mol. The monoisotopic (exact) mass is 212 g/mol. The van der Waals surface area contributed by atoms with Crippen LogP contribution in [0.3, 0.4) is 0 Å². The van der Waals surface area contributed by atoms with E-state index in [9.17, 15) is 4.79 Å². The second-order valence-electron chi connectivity index (χ2n) is 3.39. The van der Waals surface area contributed by atoms with Gasteiger partial charge in [0.15, 0.2) is 0 Å². The molecular formula is C10H16N2O3. The quantitative estimate of drug-likeness (QED) is 0.757. The van der Waals surface area contributed by atoms with Gasteiger partial charge in [0.05, 0.1) is 19.1 Å². The Hall–Kier alpha value is -1.33. The molecule has 0 spiro atoms. The molecule has 1 aromatic heterocycles. The van der Waals surface area contributed by atoms with E-state index in [1.54, 1.807) is 24.5 Å². The van der Waals surface area contributed by atoms with Gasteiger partial charge in [-0.1, -0.05) is 0 Å². The van der Waals surface area contributed by atoms with E-state index in [2.05, 4.69) is 0 Å². The average Bonchev–Trinajstić information content (AvgIpc) is 2.69. The van der Waals surface area contributed by atoms with Crippen molar-refractivity contribution in [3.05, 3.63) is 24.2 Å². The zero-order valence-electron chi connectivity index (χ0n) is 8.97. The summed E-state index contributed by atoms with van der Waals surface area (Å²) in [6.45, 7) is 0.724. The lowest BCUT2D eigenvalue weighted by molar-refractivity contribution is -0.132. The Morgan fingerprint density at radius 3 is 3.00 bits per heavy atom. The fourth-order valence-electron chi connectivity index (χ4n) is 1.27. The number of furan rings is 1. The molecule has 0 saturated heterocycles. The van der Waals surface area contributed by atoms with Crippen LogP contribution in [0.5, 0.6) is 0 Å². The summed E-state index contributed by atoms with van der Waals surface area (Å²) in [6, 6.07) is 1.21. The number of carbonyl (C=O) groups is 1. The molecular weight excluding hydrogens is 196 g/mol. The smallest absolute Gasteiger partial charge is 0.241 e. The topological polar surface area (TPSA) is 68.7 Å². The molecule has 1 heterocycles. The van der Waals surface area contributed by atoms with Gasteiger partial charge in [-0.05, 0) is 6.07 Å². The lowest BCUT2D eigenvalue weighted by Gasteiger charge is -2.20. The predicted molar refractivity (Wildman–Crippen MR) is 55.0 cm³/mol. The first-order valence-electron chi connectivity index (χ1n) is 4.65. The summed E-state index contributed by atoms with van der Waals surface area (Å²) in [4.78, 5) is 13.2. The number of nitrogens with two attached hydrogens (primary N) is 1. The largest absolute Gasteiger partial charge is 0.472 e. The van der Waals surface area contributed by atoms with Gasteiger partial charge < -0.3 is 19.8 Å². The lowest BCUT2D eigenvalue weighted by Crippen LogP contribution is -2.44. The van der Waals surface area contributed by atoms with Crippen molar-refractivity contribution in [2.45, 2.75) is 12.6 Å². The molecule has 1 unspecified atom stereocenters. The highest BCUT2D eigenvalue weighted by Crippen LogP contribution is 2.04. The van der Waals surface area contributed by atoms with Crippen molar-refractivity contribution >= 4 is 5.91 Å². The van der Waals surface area contributed by atoms with Crippen molar-refractivity contribution in [1.82, 2.24) is 4.90 Å². The SMILES string of the molecule is COCC(N)C(=O)N(C)Cc1ccoc1. The maximum absolute atomic E-state index is 11.6. The molecule has 15 heavy (non-hydrogen) atoms. The number of hydrogen-bond acceptors (Lipinski definition) is 4. The minimum absolute atomic E-state index is 0.141. The van der Waals surface area contributed by atoms with E-state index in [0.717, 1.165) is 5.56 Å². The van der Waals surface area contributed by atoms with Crippen LogP contribution in [0.1, 0.15) is 5.56 Å². The maximum atomic E-state index is 11.6. The van der Waals surface area contributed by atoms with Gasteiger partial charge in [-0.25, -0.2) is 0 Å². The van der Waals surface area contributed by atoms with Crippen molar-refractivity contribution in [1.29, 1.82) is 0 Å². The van der Waals surface area contributed by atoms with Crippen LogP contribution < -0.4 is 5.73 Å². The molecule has 5 heteroatoms. The van der Waals surface area contributed by atoms with E-state index < -0.39 is 6.04 Å². The Morgan fingerprint density at radius 2 is 2.47 bits per heavy atom. The van der Waals surface area contributed by atoms with Crippen molar-refractivity contribution in [3.63, 3.8) is 0 Å². The fourth-order valence-corrected chi connectivity index (χ4v) is 1.27. The highest BCUT2D eigenvalue weighted by molar-refractivity contribution is 5.81. The Balaban J connectivity index is 2.46. The van der Waals surface area contributed by atoms with Gasteiger partial charge in [-0.15, -0.1) is 0 Å². The van der Waals surface area contributed by atoms with Crippen LogP contribution in [-0.4, -0.2) is 37.6 Å². The number of likely N-dealkylation sites (N-methyl/N-ethyl adjacent to an activating group) is 1. The number of methoxy groups -OCH3 is 1. The molecule has 0 aliphatic heterocycles. The minimum atomic E-state index is -0.605.